The first-order valence-corrected chi connectivity index (χ1v) is 22.1. The summed E-state index contributed by atoms with van der Waals surface area (Å²) in [5, 5.41) is 0. The zero-order chi connectivity index (χ0) is 38.7. The summed E-state index contributed by atoms with van der Waals surface area (Å²) in [4.78, 5) is 37.4. The van der Waals surface area contributed by atoms with E-state index in [1.807, 2.05) is 0 Å². The van der Waals surface area contributed by atoms with E-state index >= 15 is 0 Å². The molecule has 6 heteroatoms. The zero-order valence-corrected chi connectivity index (χ0v) is 34.8. The second-order valence-electron chi connectivity index (χ2n) is 14.6. The molecule has 0 atom stereocenters. The Morgan fingerprint density at radius 2 is 0.679 bits per heavy atom. The molecule has 306 valence electrons. The Morgan fingerprint density at radius 1 is 0.377 bits per heavy atom. The van der Waals surface area contributed by atoms with Gasteiger partial charge in [-0.05, 0) is 83.5 Å². The van der Waals surface area contributed by atoms with E-state index in [1.54, 1.807) is 0 Å². The Morgan fingerprint density at radius 3 is 1.08 bits per heavy atom. The molecule has 0 rings (SSSR count). The fourth-order valence-electron chi connectivity index (χ4n) is 5.91. The lowest BCUT2D eigenvalue weighted by molar-refractivity contribution is -0.167. The molecule has 0 N–H and O–H groups in total. The molecule has 53 heavy (non-hydrogen) atoms. The first-order valence-electron chi connectivity index (χ1n) is 22.1. The van der Waals surface area contributed by atoms with Crippen LogP contribution in [0.3, 0.4) is 0 Å². The maximum Gasteiger partial charge on any atom is 0.306 e. The van der Waals surface area contributed by atoms with Crippen molar-refractivity contribution in [1.29, 1.82) is 0 Å². The van der Waals surface area contributed by atoms with Crippen LogP contribution in [0.15, 0.2) is 48.6 Å². The highest BCUT2D eigenvalue weighted by molar-refractivity contribution is 5.71. The minimum Gasteiger partial charge on any atom is -0.462 e. The van der Waals surface area contributed by atoms with Crippen molar-refractivity contribution in [3.63, 3.8) is 0 Å². The van der Waals surface area contributed by atoms with Gasteiger partial charge in [-0.25, -0.2) is 0 Å². The van der Waals surface area contributed by atoms with E-state index in [4.69, 9.17) is 14.2 Å². The van der Waals surface area contributed by atoms with Crippen LogP contribution in [0.2, 0.25) is 0 Å². The Balaban J connectivity index is 4.24. The molecule has 0 aliphatic carbocycles. The van der Waals surface area contributed by atoms with Crippen molar-refractivity contribution in [2.75, 3.05) is 13.2 Å². The van der Waals surface area contributed by atoms with Gasteiger partial charge in [0.05, 0.1) is 0 Å². The molecular weight excluding hydrogens is 662 g/mol. The van der Waals surface area contributed by atoms with Crippen LogP contribution in [0.25, 0.3) is 0 Å². The van der Waals surface area contributed by atoms with Gasteiger partial charge in [-0.1, -0.05) is 159 Å². The summed E-state index contributed by atoms with van der Waals surface area (Å²) >= 11 is 0. The summed E-state index contributed by atoms with van der Waals surface area (Å²) in [5.74, 6) is -0.929. The lowest BCUT2D eigenvalue weighted by atomic mass is 10.1. The van der Waals surface area contributed by atoms with E-state index in [-0.39, 0.29) is 31.1 Å². The normalized spacial score (nSPS) is 11.9. The van der Waals surface area contributed by atoms with Crippen LogP contribution in [-0.4, -0.2) is 37.2 Å². The van der Waals surface area contributed by atoms with Crippen molar-refractivity contribution in [2.45, 2.75) is 219 Å². The van der Waals surface area contributed by atoms with Crippen molar-refractivity contribution in [3.8, 4) is 0 Å². The molecule has 0 radical (unpaired) electrons. The number of unbranched alkanes of at least 4 members (excludes halogenated alkanes) is 20. The van der Waals surface area contributed by atoms with Crippen LogP contribution in [0.4, 0.5) is 0 Å². The van der Waals surface area contributed by atoms with Crippen molar-refractivity contribution >= 4 is 17.9 Å². The largest absolute Gasteiger partial charge is 0.462 e. The van der Waals surface area contributed by atoms with Gasteiger partial charge in [0.2, 0.25) is 0 Å². The van der Waals surface area contributed by atoms with Gasteiger partial charge in [0.15, 0.2) is 6.10 Å². The summed E-state index contributed by atoms with van der Waals surface area (Å²) in [6.07, 6.45) is 48.3. The number of hydrogen-bond donors (Lipinski definition) is 0. The molecule has 0 saturated carbocycles. The third-order valence-electron chi connectivity index (χ3n) is 9.31. The van der Waals surface area contributed by atoms with Crippen LogP contribution in [0.1, 0.15) is 213 Å². The summed E-state index contributed by atoms with van der Waals surface area (Å²) in [6.45, 7) is 6.46. The third kappa shape index (κ3) is 40.4. The molecule has 0 saturated heterocycles. The molecule has 0 spiro atoms. The maximum absolute atomic E-state index is 12.5. The second kappa shape index (κ2) is 42.1. The monoisotopic (exact) mass is 744 g/mol. The van der Waals surface area contributed by atoms with Gasteiger partial charge in [-0.15, -0.1) is 0 Å². The van der Waals surface area contributed by atoms with Crippen LogP contribution >= 0.6 is 0 Å². The first-order chi connectivity index (χ1) is 26.0. The van der Waals surface area contributed by atoms with Crippen LogP contribution in [0, 0.1) is 0 Å². The van der Waals surface area contributed by atoms with E-state index < -0.39 is 6.10 Å². The molecule has 0 heterocycles. The Labute approximate surface area is 327 Å². The number of ether oxygens (including phenoxy) is 3. The molecule has 0 fully saturated rings. The fraction of sp³-hybridized carbons (Fsp3) is 0.766. The van der Waals surface area contributed by atoms with Crippen molar-refractivity contribution in [2.24, 2.45) is 0 Å². The predicted molar refractivity (Wildman–Crippen MR) is 224 cm³/mol. The molecule has 0 aromatic carbocycles. The summed E-state index contributed by atoms with van der Waals surface area (Å²) in [5.41, 5.74) is 0. The lowest BCUT2D eigenvalue weighted by Crippen LogP contribution is -2.30. The molecule has 0 unspecified atom stereocenters. The first kappa shape index (κ1) is 50.4. The van der Waals surface area contributed by atoms with E-state index in [0.29, 0.717) is 19.3 Å². The standard InChI is InChI=1S/C47H82O6/c1-4-7-10-13-15-17-19-21-23-25-27-29-31-34-36-39-45(48)51-42-44(53-47(50)41-38-33-12-9-6-3)43-52-46(49)40-37-35-32-30-28-26-24-22-20-18-16-14-11-8-5-2/h15-18,21-24,44H,4-14,19-20,25-43H2,1-3H3/b17-15-,18-16-,23-21-,24-22-/i47+1. The van der Waals surface area contributed by atoms with Gasteiger partial charge in [0.1, 0.15) is 13.2 Å². The van der Waals surface area contributed by atoms with Gasteiger partial charge >= 0.3 is 17.9 Å². The van der Waals surface area contributed by atoms with E-state index in [9.17, 15) is 14.4 Å². The summed E-state index contributed by atoms with van der Waals surface area (Å²) in [6, 6.07) is 0. The smallest absolute Gasteiger partial charge is 0.306 e. The Kier molecular flexibility index (Phi) is 40.0. The molecule has 0 amide bonds. The van der Waals surface area contributed by atoms with E-state index in [0.717, 1.165) is 109 Å². The van der Waals surface area contributed by atoms with Gasteiger partial charge in [-0.3, -0.25) is 14.4 Å². The average molecular weight is 744 g/mol. The lowest BCUT2D eigenvalue weighted by Gasteiger charge is -2.18. The zero-order valence-electron chi connectivity index (χ0n) is 34.8. The molecule has 0 aromatic rings. The van der Waals surface area contributed by atoms with Crippen LogP contribution in [0.5, 0.6) is 0 Å². The number of rotatable bonds is 39. The predicted octanol–water partition coefficient (Wildman–Crippen LogP) is 14.0. The number of allylic oxidation sites excluding steroid dienone is 8. The minimum absolute atomic E-state index is 0.0857. The average Bonchev–Trinajstić information content (AvgIpc) is 3.15. The SMILES string of the molecule is CCCCC/C=C\C/C=C\CCCCCCCC(=O)OCC(COC(=O)CCCCCCC/C=C\C/C=C\CCCCC)O[13C](=O)CCCCCCC. The highest BCUT2D eigenvalue weighted by atomic mass is 16.7. The quantitative estimate of drug-likeness (QED) is 0.0205. The summed E-state index contributed by atoms with van der Waals surface area (Å²) < 4.78 is 16.6. The third-order valence-corrected chi connectivity index (χ3v) is 9.31. The van der Waals surface area contributed by atoms with Gasteiger partial charge in [-0.2, -0.15) is 0 Å². The molecule has 0 aliphatic rings. The highest BCUT2D eigenvalue weighted by Gasteiger charge is 2.19. The van der Waals surface area contributed by atoms with Crippen molar-refractivity contribution in [3.05, 3.63) is 48.6 Å². The molecule has 0 aromatic heterocycles. The van der Waals surface area contributed by atoms with Gasteiger partial charge < -0.3 is 14.2 Å². The number of carbonyl (C=O) groups excluding carboxylic acids is 3. The fourth-order valence-corrected chi connectivity index (χ4v) is 5.91. The molecule has 0 aliphatic heterocycles. The van der Waals surface area contributed by atoms with E-state index in [1.165, 1.54) is 64.2 Å². The number of carbonyl (C=O) groups is 3. The van der Waals surface area contributed by atoms with Gasteiger partial charge in [0, 0.05) is 19.3 Å². The molecule has 0 bridgehead atoms. The molecule has 6 nitrogen and oxygen atoms in total. The Bertz CT molecular complexity index is 887. The second-order valence-corrected chi connectivity index (χ2v) is 14.6. The van der Waals surface area contributed by atoms with E-state index in [2.05, 4.69) is 69.4 Å². The minimum atomic E-state index is -0.778. The maximum atomic E-state index is 12.5. The van der Waals surface area contributed by atoms with Crippen molar-refractivity contribution < 1.29 is 28.6 Å². The van der Waals surface area contributed by atoms with Crippen molar-refractivity contribution in [1.82, 2.24) is 0 Å². The topological polar surface area (TPSA) is 78.9 Å². The van der Waals surface area contributed by atoms with Gasteiger partial charge in [0.25, 0.3) is 0 Å². The Hall–Kier alpha value is -2.63. The molecular formula is C47H82O6. The summed E-state index contributed by atoms with van der Waals surface area (Å²) in [7, 11) is 0. The van der Waals surface area contributed by atoms with Crippen LogP contribution < -0.4 is 0 Å². The van der Waals surface area contributed by atoms with Crippen LogP contribution in [-0.2, 0) is 28.6 Å². The number of hydrogen-bond acceptors (Lipinski definition) is 6. The number of esters is 3. The highest BCUT2D eigenvalue weighted by Crippen LogP contribution is 2.12.